The third kappa shape index (κ3) is 1.99. The first kappa shape index (κ1) is 12.9. The van der Waals surface area contributed by atoms with Crippen molar-refractivity contribution in [2.45, 2.75) is 38.5 Å². The quantitative estimate of drug-likeness (QED) is 0.710. The van der Waals surface area contributed by atoms with Gasteiger partial charge >= 0.3 is 0 Å². The Kier molecular flexibility index (Phi) is 3.89. The van der Waals surface area contributed by atoms with Gasteiger partial charge in [0, 0.05) is 0 Å². The number of fused-ring (bicyclic) bond motifs is 5. The molecule has 0 aromatic heterocycles. The van der Waals surface area contributed by atoms with Crippen LogP contribution in [0, 0.1) is 35.5 Å². The summed E-state index contributed by atoms with van der Waals surface area (Å²) in [5.41, 5.74) is 0. The van der Waals surface area contributed by atoms with E-state index in [2.05, 4.69) is 0 Å². The minimum absolute atomic E-state index is 0.724. The molecule has 6 unspecified atom stereocenters. The van der Waals surface area contributed by atoms with Crippen LogP contribution in [0.1, 0.15) is 38.5 Å². The third-order valence-corrected chi connectivity index (χ3v) is 6.06. The van der Waals surface area contributed by atoms with E-state index in [0.29, 0.717) is 0 Å². The van der Waals surface area contributed by atoms with Crippen LogP contribution in [-0.4, -0.2) is 13.2 Å². The first-order valence-corrected chi connectivity index (χ1v) is 7.50. The maximum atomic E-state index is 5.20. The lowest BCUT2D eigenvalue weighted by molar-refractivity contribution is 0.0986. The van der Waals surface area contributed by atoms with Gasteiger partial charge in [-0.2, -0.15) is 0 Å². The largest absolute Gasteiger partial charge is 0.305 e. The lowest BCUT2D eigenvalue weighted by Crippen LogP contribution is -2.23. The second-order valence-corrected chi connectivity index (χ2v) is 6.47. The normalized spacial score (nSPS) is 45.7. The van der Waals surface area contributed by atoms with Gasteiger partial charge in [-0.15, -0.1) is 0 Å². The van der Waals surface area contributed by atoms with Crippen LogP contribution < -0.4 is 11.8 Å². The van der Waals surface area contributed by atoms with Crippen LogP contribution in [0.25, 0.3) is 0 Å². The van der Waals surface area contributed by atoms with E-state index >= 15 is 0 Å². The second kappa shape index (κ2) is 5.45. The van der Waals surface area contributed by atoms with Crippen molar-refractivity contribution in [3.8, 4) is 0 Å². The molecule has 6 atom stereocenters. The van der Waals surface area contributed by atoms with Crippen LogP contribution in [0.15, 0.2) is 0 Å². The maximum absolute atomic E-state index is 5.20. The van der Waals surface area contributed by atoms with Crippen LogP contribution in [-0.2, 0) is 9.68 Å². The predicted octanol–water partition coefficient (Wildman–Crippen LogP) is 1.85. The Morgan fingerprint density at radius 1 is 0.778 bits per heavy atom. The van der Waals surface area contributed by atoms with Crippen molar-refractivity contribution in [1.82, 2.24) is 0 Å². The summed E-state index contributed by atoms with van der Waals surface area (Å²) in [6.07, 6.45) is 8.02. The highest BCUT2D eigenvalue weighted by atomic mass is 16.6. The summed E-state index contributed by atoms with van der Waals surface area (Å²) in [7, 11) is 0. The second-order valence-electron chi connectivity index (χ2n) is 6.47. The minimum atomic E-state index is 0.724. The van der Waals surface area contributed by atoms with Gasteiger partial charge in [0.25, 0.3) is 0 Å². The van der Waals surface area contributed by atoms with Gasteiger partial charge in [0.05, 0.1) is 13.2 Å². The van der Waals surface area contributed by atoms with E-state index in [9.17, 15) is 0 Å². The molecule has 3 fully saturated rings. The monoisotopic (exact) mass is 254 g/mol. The molecular weight excluding hydrogens is 228 g/mol. The van der Waals surface area contributed by atoms with E-state index in [1.165, 1.54) is 32.1 Å². The van der Waals surface area contributed by atoms with Gasteiger partial charge in [0.2, 0.25) is 0 Å². The molecule has 3 saturated carbocycles. The number of rotatable bonds is 6. The molecule has 0 radical (unpaired) electrons. The lowest BCUT2D eigenvalue weighted by atomic mass is 9.77. The van der Waals surface area contributed by atoms with E-state index in [1.54, 1.807) is 0 Å². The van der Waals surface area contributed by atoms with Crippen LogP contribution in [0.3, 0.4) is 0 Å². The molecule has 4 N–H and O–H groups in total. The molecule has 0 aromatic rings. The molecule has 2 bridgehead atoms. The molecule has 104 valence electrons. The van der Waals surface area contributed by atoms with E-state index < -0.39 is 0 Å². The van der Waals surface area contributed by atoms with Gasteiger partial charge in [0.1, 0.15) is 0 Å². The molecule has 3 aliphatic carbocycles. The van der Waals surface area contributed by atoms with Crippen molar-refractivity contribution in [2.75, 3.05) is 13.2 Å². The molecule has 0 aliphatic heterocycles. The Bertz CT molecular complexity index is 287. The van der Waals surface area contributed by atoms with E-state index in [0.717, 1.165) is 55.1 Å². The van der Waals surface area contributed by atoms with E-state index in [4.69, 9.17) is 21.5 Å². The molecule has 0 aromatic carbocycles. The van der Waals surface area contributed by atoms with E-state index in [-0.39, 0.29) is 0 Å². The van der Waals surface area contributed by atoms with Crippen LogP contribution >= 0.6 is 0 Å². The fraction of sp³-hybridized carbons (Fsp3) is 1.00. The first-order chi connectivity index (χ1) is 8.86. The number of hydrogen-bond donors (Lipinski definition) is 2. The molecule has 4 heteroatoms. The Labute approximate surface area is 109 Å². The van der Waals surface area contributed by atoms with Gasteiger partial charge in [-0.3, -0.25) is 0 Å². The molecule has 0 amide bonds. The van der Waals surface area contributed by atoms with Gasteiger partial charge in [0.15, 0.2) is 0 Å². The molecule has 3 rings (SSSR count). The molecule has 4 nitrogen and oxygen atoms in total. The zero-order valence-corrected chi connectivity index (χ0v) is 11.1. The fourth-order valence-electron chi connectivity index (χ4n) is 5.64. The lowest BCUT2D eigenvalue weighted by Gasteiger charge is -2.29. The Balaban J connectivity index is 1.65. The number of hydrogen-bond acceptors (Lipinski definition) is 4. The van der Waals surface area contributed by atoms with Gasteiger partial charge in [-0.25, -0.2) is 11.8 Å². The van der Waals surface area contributed by atoms with Crippen molar-refractivity contribution in [3.05, 3.63) is 0 Å². The molecule has 0 spiro atoms. The summed E-state index contributed by atoms with van der Waals surface area (Å²) in [5, 5.41) is 0. The zero-order chi connectivity index (χ0) is 12.5. The van der Waals surface area contributed by atoms with Crippen molar-refractivity contribution < 1.29 is 9.68 Å². The van der Waals surface area contributed by atoms with Crippen molar-refractivity contribution >= 4 is 0 Å². The molecular formula is C14H26N2O2. The van der Waals surface area contributed by atoms with Gasteiger partial charge in [-0.1, -0.05) is 0 Å². The molecule has 0 saturated heterocycles. The van der Waals surface area contributed by atoms with E-state index in [1.807, 2.05) is 0 Å². The Hall–Kier alpha value is -0.160. The highest BCUT2D eigenvalue weighted by Gasteiger charge is 2.57. The molecule has 18 heavy (non-hydrogen) atoms. The van der Waals surface area contributed by atoms with Crippen LogP contribution in [0.2, 0.25) is 0 Å². The summed E-state index contributed by atoms with van der Waals surface area (Å²) >= 11 is 0. The topological polar surface area (TPSA) is 70.5 Å². The third-order valence-electron chi connectivity index (χ3n) is 6.06. The summed E-state index contributed by atoms with van der Waals surface area (Å²) in [6, 6.07) is 0. The smallest absolute Gasteiger partial charge is 0.0682 e. The summed E-state index contributed by atoms with van der Waals surface area (Å²) in [4.78, 5) is 9.59. The predicted molar refractivity (Wildman–Crippen MR) is 68.9 cm³/mol. The van der Waals surface area contributed by atoms with Crippen molar-refractivity contribution in [1.29, 1.82) is 0 Å². The first-order valence-electron chi connectivity index (χ1n) is 7.50. The highest BCUT2D eigenvalue weighted by molar-refractivity contribution is 5.06. The Morgan fingerprint density at radius 2 is 1.44 bits per heavy atom. The summed E-state index contributed by atoms with van der Waals surface area (Å²) in [6.45, 7) is 1.45. The minimum Gasteiger partial charge on any atom is -0.305 e. The highest BCUT2D eigenvalue weighted by Crippen LogP contribution is 2.64. The average Bonchev–Trinajstić information content (AvgIpc) is 3.04. The average molecular weight is 254 g/mol. The van der Waals surface area contributed by atoms with Gasteiger partial charge in [-0.05, 0) is 74.0 Å². The standard InChI is InChI=1S/C14H26N2O2/c15-17-7-5-9-1-2-12-10-3-4-13(14(9)12)11(10)6-8-18-16/h9-14H,1-8,15-16H2. The van der Waals surface area contributed by atoms with Gasteiger partial charge < -0.3 is 9.68 Å². The Morgan fingerprint density at radius 3 is 2.22 bits per heavy atom. The maximum Gasteiger partial charge on any atom is 0.0682 e. The molecule has 0 heterocycles. The zero-order valence-electron chi connectivity index (χ0n) is 11.1. The summed E-state index contributed by atoms with van der Waals surface area (Å²) in [5.74, 6) is 15.9. The molecule has 3 aliphatic rings. The fourth-order valence-corrected chi connectivity index (χ4v) is 5.64. The van der Waals surface area contributed by atoms with Crippen molar-refractivity contribution in [3.63, 3.8) is 0 Å². The summed E-state index contributed by atoms with van der Waals surface area (Å²) < 4.78 is 0. The van der Waals surface area contributed by atoms with Crippen molar-refractivity contribution in [2.24, 2.45) is 47.3 Å². The number of nitrogens with two attached hydrogens (primary N) is 2. The SMILES string of the molecule is NOCCC1CCC2C3CCC(C3CCON)C12. The van der Waals surface area contributed by atoms with Crippen LogP contribution in [0.4, 0.5) is 0 Å². The van der Waals surface area contributed by atoms with Crippen LogP contribution in [0.5, 0.6) is 0 Å².